The first-order valence-electron chi connectivity index (χ1n) is 10.4. The van der Waals surface area contributed by atoms with Crippen molar-refractivity contribution in [2.75, 3.05) is 35.3 Å². The molecule has 1 fully saturated rings. The van der Waals surface area contributed by atoms with Crippen molar-refractivity contribution < 1.29 is 19.1 Å². The van der Waals surface area contributed by atoms with Crippen LogP contribution in [0.15, 0.2) is 72.8 Å². The summed E-state index contributed by atoms with van der Waals surface area (Å²) < 4.78 is 5.15. The Morgan fingerprint density at radius 3 is 2.30 bits per heavy atom. The maximum absolute atomic E-state index is 12.9. The molecule has 0 saturated carbocycles. The zero-order valence-corrected chi connectivity index (χ0v) is 18.5. The van der Waals surface area contributed by atoms with Crippen LogP contribution in [0.3, 0.4) is 0 Å². The molecular formula is C25H22ClN3O4. The van der Waals surface area contributed by atoms with E-state index in [9.17, 15) is 14.4 Å². The van der Waals surface area contributed by atoms with Crippen molar-refractivity contribution in [2.45, 2.75) is 6.42 Å². The second-order valence-corrected chi connectivity index (χ2v) is 7.92. The number of carbonyl (C=O) groups excluding carboxylic acids is 3. The highest BCUT2D eigenvalue weighted by molar-refractivity contribution is 6.30. The molecule has 2 N–H and O–H groups in total. The molecule has 0 aliphatic carbocycles. The van der Waals surface area contributed by atoms with Crippen LogP contribution in [-0.4, -0.2) is 37.5 Å². The van der Waals surface area contributed by atoms with E-state index in [4.69, 9.17) is 16.3 Å². The molecule has 1 saturated heterocycles. The average Bonchev–Trinajstić information content (AvgIpc) is 2.82. The molecule has 1 heterocycles. The molecule has 3 aromatic rings. The van der Waals surface area contributed by atoms with Crippen molar-refractivity contribution in [1.29, 1.82) is 0 Å². The Morgan fingerprint density at radius 1 is 0.909 bits per heavy atom. The Kier molecular flexibility index (Phi) is 7.02. The Balaban J connectivity index is 1.42. The van der Waals surface area contributed by atoms with Gasteiger partial charge in [0.05, 0.1) is 13.0 Å². The number of morpholine rings is 1. The number of amides is 3. The van der Waals surface area contributed by atoms with Crippen molar-refractivity contribution in [1.82, 2.24) is 0 Å². The van der Waals surface area contributed by atoms with E-state index >= 15 is 0 Å². The van der Waals surface area contributed by atoms with Gasteiger partial charge in [0, 0.05) is 34.2 Å². The maximum atomic E-state index is 12.9. The Bertz CT molecular complexity index is 1160. The van der Waals surface area contributed by atoms with E-state index in [0.717, 1.165) is 5.69 Å². The van der Waals surface area contributed by atoms with Crippen LogP contribution in [0.4, 0.5) is 17.1 Å². The zero-order valence-electron chi connectivity index (χ0n) is 17.7. The molecule has 4 rings (SSSR count). The lowest BCUT2D eigenvalue weighted by molar-refractivity contribution is -0.125. The van der Waals surface area contributed by atoms with Gasteiger partial charge in [-0.25, -0.2) is 0 Å². The summed E-state index contributed by atoms with van der Waals surface area (Å²) in [6.07, 6.45) is 0.0459. The van der Waals surface area contributed by atoms with Crippen LogP contribution in [0.25, 0.3) is 0 Å². The van der Waals surface area contributed by atoms with Gasteiger partial charge in [-0.15, -0.1) is 0 Å². The maximum Gasteiger partial charge on any atom is 0.255 e. The van der Waals surface area contributed by atoms with E-state index in [1.54, 1.807) is 77.7 Å². The summed E-state index contributed by atoms with van der Waals surface area (Å²) in [7, 11) is 0. The summed E-state index contributed by atoms with van der Waals surface area (Å²) >= 11 is 5.88. The van der Waals surface area contributed by atoms with Crippen molar-refractivity contribution in [3.8, 4) is 0 Å². The fourth-order valence-corrected chi connectivity index (χ4v) is 3.65. The molecule has 7 nitrogen and oxygen atoms in total. The quantitative estimate of drug-likeness (QED) is 0.575. The molecule has 1 aliphatic heterocycles. The standard InChI is InChI=1S/C25H22ClN3O4/c26-18-5-7-19(8-6-18)27-23(30)15-17-3-1-2-4-22(17)25(32)28-20-9-11-21(12-10-20)29-13-14-33-16-24(29)31/h1-12H,13-16H2,(H,27,30)(H,28,32). The van der Waals surface area contributed by atoms with Gasteiger partial charge in [0.2, 0.25) is 5.91 Å². The lowest BCUT2D eigenvalue weighted by atomic mass is 10.0. The van der Waals surface area contributed by atoms with E-state index in [-0.39, 0.29) is 30.7 Å². The summed E-state index contributed by atoms with van der Waals surface area (Å²) in [6.45, 7) is 1.06. The van der Waals surface area contributed by atoms with Gasteiger partial charge in [-0.2, -0.15) is 0 Å². The number of nitrogens with zero attached hydrogens (tertiary/aromatic N) is 1. The third-order valence-corrected chi connectivity index (χ3v) is 5.42. The number of hydrogen-bond acceptors (Lipinski definition) is 4. The molecule has 0 atom stereocenters. The van der Waals surface area contributed by atoms with Gasteiger partial charge >= 0.3 is 0 Å². The molecule has 1 aliphatic rings. The monoisotopic (exact) mass is 463 g/mol. The molecule has 3 amide bonds. The van der Waals surface area contributed by atoms with Crippen LogP contribution >= 0.6 is 11.6 Å². The van der Waals surface area contributed by atoms with Gasteiger partial charge in [-0.1, -0.05) is 29.8 Å². The van der Waals surface area contributed by atoms with Gasteiger partial charge in [0.25, 0.3) is 11.8 Å². The second-order valence-electron chi connectivity index (χ2n) is 7.49. The molecule has 168 valence electrons. The fraction of sp³-hybridized carbons (Fsp3) is 0.160. The number of anilines is 3. The molecule has 0 unspecified atom stereocenters. The topological polar surface area (TPSA) is 87.7 Å². The number of hydrogen-bond donors (Lipinski definition) is 2. The number of rotatable bonds is 6. The molecule has 0 bridgehead atoms. The highest BCUT2D eigenvalue weighted by Gasteiger charge is 2.20. The minimum Gasteiger partial charge on any atom is -0.370 e. The summed E-state index contributed by atoms with van der Waals surface area (Å²) in [5.74, 6) is -0.652. The minimum atomic E-state index is -0.319. The molecule has 8 heteroatoms. The minimum absolute atomic E-state index is 0.0459. The third-order valence-electron chi connectivity index (χ3n) is 5.16. The zero-order chi connectivity index (χ0) is 23.2. The molecule has 0 radical (unpaired) electrons. The molecule has 3 aromatic carbocycles. The normalized spacial score (nSPS) is 13.5. The predicted octanol–water partition coefficient (Wildman–Crippen LogP) is 4.14. The first kappa shape index (κ1) is 22.5. The van der Waals surface area contributed by atoms with Crippen molar-refractivity contribution in [3.63, 3.8) is 0 Å². The van der Waals surface area contributed by atoms with Crippen molar-refractivity contribution >= 4 is 46.4 Å². The van der Waals surface area contributed by atoms with Crippen LogP contribution in [0.5, 0.6) is 0 Å². The van der Waals surface area contributed by atoms with E-state index in [1.165, 1.54) is 0 Å². The van der Waals surface area contributed by atoms with Gasteiger partial charge in [-0.3, -0.25) is 14.4 Å². The third kappa shape index (κ3) is 5.77. The predicted molar refractivity (Wildman–Crippen MR) is 128 cm³/mol. The summed E-state index contributed by atoms with van der Waals surface area (Å²) in [5, 5.41) is 6.24. The lowest BCUT2D eigenvalue weighted by Gasteiger charge is -2.26. The lowest BCUT2D eigenvalue weighted by Crippen LogP contribution is -2.41. The van der Waals surface area contributed by atoms with Gasteiger partial charge in [-0.05, 0) is 60.2 Å². The van der Waals surface area contributed by atoms with Crippen molar-refractivity contribution in [2.24, 2.45) is 0 Å². The number of benzene rings is 3. The first-order valence-corrected chi connectivity index (χ1v) is 10.8. The Morgan fingerprint density at radius 2 is 1.58 bits per heavy atom. The van der Waals surface area contributed by atoms with E-state index < -0.39 is 0 Å². The largest absolute Gasteiger partial charge is 0.370 e. The van der Waals surface area contributed by atoms with Crippen LogP contribution in [-0.2, 0) is 20.7 Å². The van der Waals surface area contributed by atoms with Crippen LogP contribution in [0.1, 0.15) is 15.9 Å². The fourth-order valence-electron chi connectivity index (χ4n) is 3.52. The van der Waals surface area contributed by atoms with E-state index in [0.29, 0.717) is 40.7 Å². The highest BCUT2D eigenvalue weighted by atomic mass is 35.5. The highest BCUT2D eigenvalue weighted by Crippen LogP contribution is 2.21. The van der Waals surface area contributed by atoms with E-state index in [1.807, 2.05) is 0 Å². The van der Waals surface area contributed by atoms with Crippen LogP contribution < -0.4 is 15.5 Å². The van der Waals surface area contributed by atoms with Gasteiger partial charge in [0.1, 0.15) is 6.61 Å². The molecule has 0 aromatic heterocycles. The molecule has 0 spiro atoms. The average molecular weight is 464 g/mol. The molecule has 33 heavy (non-hydrogen) atoms. The Labute approximate surface area is 196 Å². The summed E-state index contributed by atoms with van der Waals surface area (Å²) in [5.41, 5.74) is 2.99. The molecular weight excluding hydrogens is 442 g/mol. The van der Waals surface area contributed by atoms with Crippen LogP contribution in [0, 0.1) is 0 Å². The number of halogens is 1. The summed E-state index contributed by atoms with van der Waals surface area (Å²) in [4.78, 5) is 39.1. The van der Waals surface area contributed by atoms with Gasteiger partial charge in [0.15, 0.2) is 0 Å². The number of nitrogens with one attached hydrogen (secondary N) is 2. The Hall–Kier alpha value is -3.68. The van der Waals surface area contributed by atoms with E-state index in [2.05, 4.69) is 10.6 Å². The number of carbonyl (C=O) groups is 3. The number of ether oxygens (including phenoxy) is 1. The van der Waals surface area contributed by atoms with Crippen molar-refractivity contribution in [3.05, 3.63) is 88.9 Å². The first-order chi connectivity index (χ1) is 16.0. The summed E-state index contributed by atoms with van der Waals surface area (Å²) in [6, 6.07) is 20.8. The van der Waals surface area contributed by atoms with Gasteiger partial charge < -0.3 is 20.3 Å². The van der Waals surface area contributed by atoms with Crippen LogP contribution in [0.2, 0.25) is 5.02 Å². The smallest absolute Gasteiger partial charge is 0.255 e. The SMILES string of the molecule is O=C(Cc1ccccc1C(=O)Nc1ccc(N2CCOCC2=O)cc1)Nc1ccc(Cl)cc1. The second kappa shape index (κ2) is 10.3.